The van der Waals surface area contributed by atoms with E-state index in [9.17, 15) is 0 Å². The van der Waals surface area contributed by atoms with Gasteiger partial charge in [-0.3, -0.25) is 0 Å². The van der Waals surface area contributed by atoms with Gasteiger partial charge in [0.2, 0.25) is 0 Å². The van der Waals surface area contributed by atoms with E-state index in [0.29, 0.717) is 0 Å². The molecule has 2 aromatic rings. The lowest BCUT2D eigenvalue weighted by Crippen LogP contribution is -2.23. The molecule has 2 rings (SSSR count). The number of hydrogen-bond donors (Lipinski definition) is 1. The van der Waals surface area contributed by atoms with Crippen molar-refractivity contribution >= 4 is 27.5 Å². The van der Waals surface area contributed by atoms with E-state index in [2.05, 4.69) is 40.3 Å². The van der Waals surface area contributed by atoms with Gasteiger partial charge in [-0.1, -0.05) is 52.7 Å². The number of benzene rings is 2. The van der Waals surface area contributed by atoms with Crippen molar-refractivity contribution in [2.45, 2.75) is 19.4 Å². The first-order valence-corrected chi connectivity index (χ1v) is 8.13. The Morgan fingerprint density at radius 2 is 2.00 bits per heavy atom. The Bertz CT molecular complexity index is 603. The molecule has 112 valence electrons. The topological polar surface area (TPSA) is 21.3 Å². The highest BCUT2D eigenvalue weighted by Crippen LogP contribution is 2.31. The molecule has 1 atom stereocenters. The molecule has 2 aromatic carbocycles. The quantitative estimate of drug-likeness (QED) is 0.774. The van der Waals surface area contributed by atoms with Crippen LogP contribution in [-0.2, 0) is 6.42 Å². The molecule has 2 nitrogen and oxygen atoms in total. The van der Waals surface area contributed by atoms with Crippen LogP contribution in [0.1, 0.15) is 24.1 Å². The maximum Gasteiger partial charge on any atom is 0.119 e. The summed E-state index contributed by atoms with van der Waals surface area (Å²) in [7, 11) is 1.68. The summed E-state index contributed by atoms with van der Waals surface area (Å²) >= 11 is 9.92. The number of methoxy groups -OCH3 is 1. The summed E-state index contributed by atoms with van der Waals surface area (Å²) in [5.74, 6) is 0.857. The van der Waals surface area contributed by atoms with Crippen LogP contribution in [0.25, 0.3) is 0 Å². The van der Waals surface area contributed by atoms with Gasteiger partial charge in [0.05, 0.1) is 7.11 Å². The molecule has 0 aliphatic rings. The second-order valence-electron chi connectivity index (χ2n) is 4.79. The van der Waals surface area contributed by atoms with Crippen LogP contribution in [0.5, 0.6) is 5.75 Å². The van der Waals surface area contributed by atoms with Gasteiger partial charge in [0.15, 0.2) is 0 Å². The number of ether oxygens (including phenoxy) is 1. The van der Waals surface area contributed by atoms with Crippen LogP contribution >= 0.6 is 27.5 Å². The Kier molecular flexibility index (Phi) is 6.09. The minimum Gasteiger partial charge on any atom is -0.497 e. The van der Waals surface area contributed by atoms with E-state index in [-0.39, 0.29) is 6.04 Å². The Labute approximate surface area is 139 Å². The van der Waals surface area contributed by atoms with E-state index in [0.717, 1.165) is 33.8 Å². The Morgan fingerprint density at radius 1 is 1.24 bits per heavy atom. The summed E-state index contributed by atoms with van der Waals surface area (Å²) < 4.78 is 6.41. The molecule has 0 heterocycles. The van der Waals surface area contributed by atoms with E-state index < -0.39 is 0 Å². The summed E-state index contributed by atoms with van der Waals surface area (Å²) in [6.45, 7) is 2.99. The number of halogens is 2. The van der Waals surface area contributed by atoms with Gasteiger partial charge in [-0.2, -0.15) is 0 Å². The highest BCUT2D eigenvalue weighted by Gasteiger charge is 2.16. The van der Waals surface area contributed by atoms with Crippen LogP contribution in [-0.4, -0.2) is 13.7 Å². The number of nitrogens with one attached hydrogen (secondary N) is 1. The molecule has 21 heavy (non-hydrogen) atoms. The van der Waals surface area contributed by atoms with Gasteiger partial charge in [0.25, 0.3) is 0 Å². The number of rotatable bonds is 6. The minimum absolute atomic E-state index is 0.180. The SMILES string of the molecule is CCNC(Cc1ccccc1Cl)c1cc(OC)ccc1Br. The van der Waals surface area contributed by atoms with E-state index >= 15 is 0 Å². The van der Waals surface area contributed by atoms with Crippen molar-refractivity contribution in [1.29, 1.82) is 0 Å². The molecule has 4 heteroatoms. The fourth-order valence-electron chi connectivity index (χ4n) is 2.34. The number of likely N-dealkylation sites (N-methyl/N-ethyl adjacent to an activating group) is 1. The molecule has 0 aliphatic heterocycles. The van der Waals surface area contributed by atoms with E-state index in [1.54, 1.807) is 7.11 Å². The average Bonchev–Trinajstić information content (AvgIpc) is 2.49. The lowest BCUT2D eigenvalue weighted by molar-refractivity contribution is 0.412. The summed E-state index contributed by atoms with van der Waals surface area (Å²) in [6, 6.07) is 14.2. The predicted octanol–water partition coefficient (Wildman–Crippen LogP) is 5.00. The molecule has 0 bridgehead atoms. The van der Waals surface area contributed by atoms with Crippen LogP contribution in [0.4, 0.5) is 0 Å². The van der Waals surface area contributed by atoms with Crippen LogP contribution < -0.4 is 10.1 Å². The molecule has 0 saturated carbocycles. The largest absolute Gasteiger partial charge is 0.497 e. The van der Waals surface area contributed by atoms with Crippen molar-refractivity contribution in [2.24, 2.45) is 0 Å². The molecular weight excluding hydrogens is 350 g/mol. The molecule has 0 spiro atoms. The maximum absolute atomic E-state index is 6.29. The van der Waals surface area contributed by atoms with Gasteiger partial charge in [-0.05, 0) is 48.4 Å². The van der Waals surface area contributed by atoms with Crippen LogP contribution in [0, 0.1) is 0 Å². The third-order valence-corrected chi connectivity index (χ3v) is 4.50. The first-order valence-electron chi connectivity index (χ1n) is 6.96. The molecule has 0 aromatic heterocycles. The fourth-order valence-corrected chi connectivity index (χ4v) is 3.07. The average molecular weight is 369 g/mol. The van der Waals surface area contributed by atoms with E-state index in [1.165, 1.54) is 5.56 Å². The highest BCUT2D eigenvalue weighted by atomic mass is 79.9. The summed E-state index contributed by atoms with van der Waals surface area (Å²) in [5.41, 5.74) is 2.32. The van der Waals surface area contributed by atoms with Gasteiger partial charge >= 0.3 is 0 Å². The zero-order valence-electron chi connectivity index (χ0n) is 12.2. The minimum atomic E-state index is 0.180. The smallest absolute Gasteiger partial charge is 0.119 e. The van der Waals surface area contributed by atoms with Crippen LogP contribution in [0.3, 0.4) is 0 Å². The van der Waals surface area contributed by atoms with E-state index in [4.69, 9.17) is 16.3 Å². The van der Waals surface area contributed by atoms with Crippen molar-refractivity contribution in [3.05, 3.63) is 63.1 Å². The number of hydrogen-bond acceptors (Lipinski definition) is 2. The zero-order valence-corrected chi connectivity index (χ0v) is 14.5. The first kappa shape index (κ1) is 16.3. The Morgan fingerprint density at radius 3 is 2.67 bits per heavy atom. The van der Waals surface area contributed by atoms with Crippen LogP contribution in [0.2, 0.25) is 5.02 Å². The zero-order chi connectivity index (χ0) is 15.2. The molecule has 0 fully saturated rings. The molecule has 0 saturated heterocycles. The third kappa shape index (κ3) is 4.22. The second-order valence-corrected chi connectivity index (χ2v) is 6.05. The van der Waals surface area contributed by atoms with Crippen molar-refractivity contribution in [2.75, 3.05) is 13.7 Å². The lowest BCUT2D eigenvalue weighted by atomic mass is 9.98. The third-order valence-electron chi connectivity index (χ3n) is 3.41. The summed E-state index contributed by atoms with van der Waals surface area (Å²) in [6.07, 6.45) is 0.833. The molecule has 1 unspecified atom stereocenters. The summed E-state index contributed by atoms with van der Waals surface area (Å²) in [4.78, 5) is 0. The monoisotopic (exact) mass is 367 g/mol. The molecule has 1 N–H and O–H groups in total. The van der Waals surface area contributed by atoms with Crippen molar-refractivity contribution in [3.63, 3.8) is 0 Å². The molecular formula is C17H19BrClNO. The lowest BCUT2D eigenvalue weighted by Gasteiger charge is -2.21. The molecule has 0 aliphatic carbocycles. The second kappa shape index (κ2) is 7.83. The van der Waals surface area contributed by atoms with Crippen molar-refractivity contribution < 1.29 is 4.74 Å². The predicted molar refractivity (Wildman–Crippen MR) is 92.3 cm³/mol. The van der Waals surface area contributed by atoms with Gasteiger partial charge in [-0.15, -0.1) is 0 Å². The highest BCUT2D eigenvalue weighted by molar-refractivity contribution is 9.10. The standard InChI is InChI=1S/C17H19BrClNO/c1-3-20-17(10-12-6-4-5-7-16(12)19)14-11-13(21-2)8-9-15(14)18/h4-9,11,17,20H,3,10H2,1-2H3. The molecule has 0 radical (unpaired) electrons. The Balaban J connectivity index is 2.33. The van der Waals surface area contributed by atoms with Gasteiger partial charge < -0.3 is 10.1 Å². The van der Waals surface area contributed by atoms with Gasteiger partial charge in [-0.25, -0.2) is 0 Å². The summed E-state index contributed by atoms with van der Waals surface area (Å²) in [5, 5.41) is 4.33. The van der Waals surface area contributed by atoms with E-state index in [1.807, 2.05) is 30.3 Å². The normalized spacial score (nSPS) is 12.2. The van der Waals surface area contributed by atoms with Crippen molar-refractivity contribution in [3.8, 4) is 5.75 Å². The fraction of sp³-hybridized carbons (Fsp3) is 0.294. The Hall–Kier alpha value is -1.03. The van der Waals surface area contributed by atoms with Crippen LogP contribution in [0.15, 0.2) is 46.9 Å². The van der Waals surface area contributed by atoms with Gasteiger partial charge in [0, 0.05) is 15.5 Å². The van der Waals surface area contributed by atoms with Gasteiger partial charge in [0.1, 0.15) is 5.75 Å². The molecule has 0 amide bonds. The van der Waals surface area contributed by atoms with Crippen molar-refractivity contribution in [1.82, 2.24) is 5.32 Å². The first-order chi connectivity index (χ1) is 10.2. The maximum atomic E-state index is 6.29.